The largest absolute Gasteiger partial charge is 0.471 e. The van der Waals surface area contributed by atoms with Crippen LogP contribution in [-0.2, 0) is 15.2 Å². The van der Waals surface area contributed by atoms with E-state index >= 15 is 4.39 Å². The van der Waals surface area contributed by atoms with Crippen LogP contribution in [0.15, 0.2) is 36.4 Å². The first kappa shape index (κ1) is 31.4. The van der Waals surface area contributed by atoms with Gasteiger partial charge in [0.15, 0.2) is 0 Å². The number of hydrogen-bond acceptors (Lipinski definition) is 5. The van der Waals surface area contributed by atoms with Crippen LogP contribution in [0.4, 0.5) is 22.0 Å². The molecule has 12 heteroatoms. The Kier molecular flexibility index (Phi) is 10.3. The highest BCUT2D eigenvalue weighted by Gasteiger charge is 2.44. The number of aliphatic hydroxyl groups is 2. The molecule has 0 spiro atoms. The molecule has 3 atom stereocenters. The number of carbonyl (C=O) groups excluding carboxylic acids is 2. The van der Waals surface area contributed by atoms with Gasteiger partial charge >= 0.3 is 12.1 Å². The fourth-order valence-electron chi connectivity index (χ4n) is 5.22. The zero-order chi connectivity index (χ0) is 29.7. The zero-order valence-electron chi connectivity index (χ0n) is 22.1. The van der Waals surface area contributed by atoms with Crippen LogP contribution in [0.1, 0.15) is 43.2 Å². The third kappa shape index (κ3) is 7.35. The molecule has 3 rings (SSSR count). The molecule has 0 bridgehead atoms. The van der Waals surface area contributed by atoms with Gasteiger partial charge in [0.1, 0.15) is 11.6 Å². The number of amides is 2. The van der Waals surface area contributed by atoms with E-state index in [1.807, 2.05) is 0 Å². The SMILES string of the molecule is Cc1ccc(F)c(-c2c(F)cccc2[C@](O)(CCCNC(=O)C(F)(F)F)[C@@H]2CCCN(C(=O)C[C@H](O)CN)C2)c1. The quantitative estimate of drug-likeness (QED) is 0.257. The number of rotatable bonds is 10. The second-order valence-corrected chi connectivity index (χ2v) is 10.2. The predicted molar refractivity (Wildman–Crippen MR) is 138 cm³/mol. The van der Waals surface area contributed by atoms with Crippen LogP contribution in [0.2, 0.25) is 0 Å². The summed E-state index contributed by atoms with van der Waals surface area (Å²) in [5, 5.41) is 23.9. The van der Waals surface area contributed by atoms with Gasteiger partial charge in [-0.2, -0.15) is 13.2 Å². The van der Waals surface area contributed by atoms with Crippen molar-refractivity contribution in [2.45, 2.75) is 56.9 Å². The van der Waals surface area contributed by atoms with Crippen LogP contribution in [0.25, 0.3) is 11.1 Å². The van der Waals surface area contributed by atoms with Gasteiger partial charge in [0.25, 0.3) is 0 Å². The minimum atomic E-state index is -5.08. The third-order valence-corrected chi connectivity index (χ3v) is 7.28. The molecular formula is C28H34F5N3O4. The van der Waals surface area contributed by atoms with Gasteiger partial charge in [-0.3, -0.25) is 9.59 Å². The van der Waals surface area contributed by atoms with E-state index < -0.39 is 53.8 Å². The van der Waals surface area contributed by atoms with Crippen molar-refractivity contribution in [3.8, 4) is 11.1 Å². The molecular weight excluding hydrogens is 537 g/mol. The fraction of sp³-hybridized carbons (Fsp3) is 0.500. The van der Waals surface area contributed by atoms with Gasteiger partial charge in [-0.1, -0.05) is 23.8 Å². The number of likely N-dealkylation sites (tertiary alicyclic amines) is 1. The highest BCUT2D eigenvalue weighted by molar-refractivity contribution is 5.81. The highest BCUT2D eigenvalue weighted by atomic mass is 19.4. The molecule has 2 amide bonds. The van der Waals surface area contributed by atoms with Crippen LogP contribution < -0.4 is 11.1 Å². The number of benzene rings is 2. The number of carbonyl (C=O) groups is 2. The zero-order valence-corrected chi connectivity index (χ0v) is 22.1. The summed E-state index contributed by atoms with van der Waals surface area (Å²) in [6.45, 7) is 1.49. The number of aliphatic hydroxyl groups excluding tert-OH is 1. The van der Waals surface area contributed by atoms with Crippen molar-refractivity contribution < 1.29 is 41.8 Å². The lowest BCUT2D eigenvalue weighted by Crippen LogP contribution is -2.49. The van der Waals surface area contributed by atoms with E-state index in [1.54, 1.807) is 12.2 Å². The van der Waals surface area contributed by atoms with Crippen molar-refractivity contribution in [1.29, 1.82) is 0 Å². The van der Waals surface area contributed by atoms with E-state index in [4.69, 9.17) is 5.73 Å². The van der Waals surface area contributed by atoms with Crippen molar-refractivity contribution in [3.63, 3.8) is 0 Å². The predicted octanol–water partition coefficient (Wildman–Crippen LogP) is 3.53. The van der Waals surface area contributed by atoms with Crippen molar-refractivity contribution in [3.05, 3.63) is 59.2 Å². The van der Waals surface area contributed by atoms with E-state index in [0.717, 1.165) is 6.07 Å². The molecule has 0 saturated carbocycles. The van der Waals surface area contributed by atoms with Crippen LogP contribution in [0.5, 0.6) is 0 Å². The van der Waals surface area contributed by atoms with Crippen LogP contribution in [0.3, 0.4) is 0 Å². The fourth-order valence-corrected chi connectivity index (χ4v) is 5.22. The highest BCUT2D eigenvalue weighted by Crippen LogP contribution is 2.45. The van der Waals surface area contributed by atoms with Crippen LogP contribution >= 0.6 is 0 Å². The number of halogens is 5. The van der Waals surface area contributed by atoms with Gasteiger partial charge in [0.2, 0.25) is 5.91 Å². The molecule has 1 saturated heterocycles. The minimum Gasteiger partial charge on any atom is -0.391 e. The van der Waals surface area contributed by atoms with Crippen LogP contribution in [0, 0.1) is 24.5 Å². The summed E-state index contributed by atoms with van der Waals surface area (Å²) in [4.78, 5) is 25.5. The van der Waals surface area contributed by atoms with E-state index in [-0.39, 0.29) is 49.0 Å². The minimum absolute atomic E-state index is 0.00773. The summed E-state index contributed by atoms with van der Waals surface area (Å²) in [7, 11) is 0. The number of alkyl halides is 3. The van der Waals surface area contributed by atoms with E-state index in [0.29, 0.717) is 24.9 Å². The van der Waals surface area contributed by atoms with Crippen molar-refractivity contribution in [2.24, 2.45) is 11.7 Å². The number of nitrogens with zero attached hydrogens (tertiary/aromatic N) is 1. The number of nitrogens with one attached hydrogen (secondary N) is 1. The van der Waals surface area contributed by atoms with Gasteiger partial charge < -0.3 is 26.2 Å². The van der Waals surface area contributed by atoms with Gasteiger partial charge in [0.05, 0.1) is 18.1 Å². The van der Waals surface area contributed by atoms with Crippen LogP contribution in [-0.4, -0.2) is 65.4 Å². The Morgan fingerprint density at radius 3 is 2.58 bits per heavy atom. The smallest absolute Gasteiger partial charge is 0.391 e. The van der Waals surface area contributed by atoms with Gasteiger partial charge in [0, 0.05) is 43.2 Å². The van der Waals surface area contributed by atoms with Gasteiger partial charge in [-0.25, -0.2) is 8.78 Å². The molecule has 2 aromatic carbocycles. The molecule has 1 heterocycles. The normalized spacial score (nSPS) is 18.2. The topological polar surface area (TPSA) is 116 Å². The second-order valence-electron chi connectivity index (χ2n) is 10.2. The third-order valence-electron chi connectivity index (χ3n) is 7.28. The number of hydrogen-bond donors (Lipinski definition) is 4. The summed E-state index contributed by atoms with van der Waals surface area (Å²) in [6, 6.07) is 8.03. The van der Waals surface area contributed by atoms with Crippen molar-refractivity contribution >= 4 is 11.8 Å². The first-order valence-corrected chi connectivity index (χ1v) is 13.1. The Hall–Kier alpha value is -3.09. The van der Waals surface area contributed by atoms with E-state index in [9.17, 15) is 37.4 Å². The molecule has 1 aliphatic rings. The maximum atomic E-state index is 15.4. The number of nitrogens with two attached hydrogens (primary N) is 1. The first-order chi connectivity index (χ1) is 18.8. The monoisotopic (exact) mass is 571 g/mol. The number of piperidine rings is 1. The summed E-state index contributed by atoms with van der Waals surface area (Å²) in [6.07, 6.45) is -5.87. The lowest BCUT2D eigenvalue weighted by Gasteiger charge is -2.44. The molecule has 0 aliphatic carbocycles. The summed E-state index contributed by atoms with van der Waals surface area (Å²) in [5.74, 6) is -4.77. The molecule has 2 aromatic rings. The summed E-state index contributed by atoms with van der Waals surface area (Å²) in [5.41, 5.74) is 3.89. The standard InChI is InChI=1S/C28H34F5N3O4/c1-17-8-9-22(29)20(13-17)25-21(6-2-7-23(25)30)27(40,10-4-11-35-26(39)28(31,32)33)18-5-3-12-36(16-18)24(38)14-19(37)15-34/h2,6-9,13,18-19,37,40H,3-5,10-12,14-16,34H2,1H3,(H,35,39)/t18-,19+,27+/m1/s1. The van der Waals surface area contributed by atoms with Crippen molar-refractivity contribution in [2.75, 3.05) is 26.2 Å². The molecule has 0 radical (unpaired) electrons. The second kappa shape index (κ2) is 13.0. The average Bonchev–Trinajstić information content (AvgIpc) is 2.91. The molecule has 1 aliphatic heterocycles. The lowest BCUT2D eigenvalue weighted by atomic mass is 9.72. The summed E-state index contributed by atoms with van der Waals surface area (Å²) >= 11 is 0. The Morgan fingerprint density at radius 2 is 1.90 bits per heavy atom. The lowest BCUT2D eigenvalue weighted by molar-refractivity contribution is -0.173. The molecule has 7 nitrogen and oxygen atoms in total. The Morgan fingerprint density at radius 1 is 1.18 bits per heavy atom. The molecule has 0 aromatic heterocycles. The molecule has 40 heavy (non-hydrogen) atoms. The van der Waals surface area contributed by atoms with E-state index in [1.165, 1.54) is 35.2 Å². The van der Waals surface area contributed by atoms with Gasteiger partial charge in [-0.05, 0) is 56.4 Å². The van der Waals surface area contributed by atoms with Gasteiger partial charge in [-0.15, -0.1) is 0 Å². The maximum Gasteiger partial charge on any atom is 0.471 e. The van der Waals surface area contributed by atoms with Crippen molar-refractivity contribution in [1.82, 2.24) is 10.2 Å². The Labute approximate surface area is 229 Å². The molecule has 1 fully saturated rings. The summed E-state index contributed by atoms with van der Waals surface area (Å²) < 4.78 is 68.3. The molecule has 220 valence electrons. The molecule has 5 N–H and O–H groups in total. The van der Waals surface area contributed by atoms with E-state index in [2.05, 4.69) is 0 Å². The average molecular weight is 572 g/mol. The Balaban J connectivity index is 2.02. The maximum absolute atomic E-state index is 15.4. The Bertz CT molecular complexity index is 1210. The molecule has 0 unspecified atom stereocenters. The first-order valence-electron chi connectivity index (χ1n) is 13.1. The number of aryl methyl sites for hydroxylation is 1.